The molecule has 3 heteroatoms. The SMILES string of the molecule is C=C[SiH](Cl)Br. The monoisotopic (exact) mass is 170 g/mol. The predicted molar refractivity (Wildman–Crippen MR) is 32.1 cm³/mol. The Morgan fingerprint density at radius 1 is 2.00 bits per heavy atom. The number of rotatable bonds is 1. The van der Waals surface area contributed by atoms with Gasteiger partial charge in [0.2, 0.25) is 6.73 Å². The maximum atomic E-state index is 5.40. The third kappa shape index (κ3) is 4.73. The first-order valence-corrected chi connectivity index (χ1v) is 6.77. The van der Waals surface area contributed by atoms with Crippen molar-refractivity contribution in [2.75, 3.05) is 0 Å². The first kappa shape index (κ1) is 5.73. The van der Waals surface area contributed by atoms with Crippen molar-refractivity contribution >= 4 is 33.1 Å². The summed E-state index contributed by atoms with van der Waals surface area (Å²) in [4.78, 5) is 0. The molecule has 0 aliphatic carbocycles. The zero-order valence-corrected chi connectivity index (χ0v) is 6.11. The van der Waals surface area contributed by atoms with Gasteiger partial charge in [0.15, 0.2) is 0 Å². The predicted octanol–water partition coefficient (Wildman–Crippen LogP) is 1.57. The van der Waals surface area contributed by atoms with Gasteiger partial charge in [-0.1, -0.05) is 5.70 Å². The minimum absolute atomic E-state index is 1.10. The van der Waals surface area contributed by atoms with Crippen molar-refractivity contribution in [1.29, 1.82) is 0 Å². The Hall–Kier alpha value is 0.727. The fourth-order valence-electron chi connectivity index (χ4n) is 0. The van der Waals surface area contributed by atoms with E-state index in [4.69, 9.17) is 11.1 Å². The highest BCUT2D eigenvalue weighted by Crippen LogP contribution is 1.96. The molecule has 0 nitrogen and oxygen atoms in total. The highest BCUT2D eigenvalue weighted by molar-refractivity contribution is 9.26. The van der Waals surface area contributed by atoms with Gasteiger partial charge in [0.1, 0.15) is 0 Å². The standard InChI is InChI=1S/C2H4BrClSi/c1-2-5(3)4/h2,5H,1H2. The summed E-state index contributed by atoms with van der Waals surface area (Å²) in [6.07, 6.45) is 0. The average molecular weight is 171 g/mol. The van der Waals surface area contributed by atoms with Gasteiger partial charge in [-0.3, -0.25) is 0 Å². The third-order valence-electron chi connectivity index (χ3n) is 0.178. The average Bonchev–Trinajstić information content (AvgIpc) is 1.38. The Bertz CT molecular complexity index is 36.6. The lowest BCUT2D eigenvalue weighted by molar-refractivity contribution is 2.60. The van der Waals surface area contributed by atoms with Gasteiger partial charge in [-0.05, 0) is 0 Å². The topological polar surface area (TPSA) is 0 Å². The Balaban J connectivity index is 2.83. The van der Waals surface area contributed by atoms with Gasteiger partial charge in [-0.25, -0.2) is 0 Å². The van der Waals surface area contributed by atoms with Crippen LogP contribution in [0.5, 0.6) is 0 Å². The van der Waals surface area contributed by atoms with Crippen LogP contribution in [0, 0.1) is 0 Å². The minimum atomic E-state index is -1.10. The lowest BCUT2D eigenvalue weighted by atomic mass is 11.3. The van der Waals surface area contributed by atoms with E-state index in [-0.39, 0.29) is 0 Å². The first-order valence-electron chi connectivity index (χ1n) is 1.18. The van der Waals surface area contributed by atoms with E-state index in [1.165, 1.54) is 0 Å². The van der Waals surface area contributed by atoms with Gasteiger partial charge in [0.05, 0.1) is 0 Å². The third-order valence-corrected chi connectivity index (χ3v) is 2.19. The van der Waals surface area contributed by atoms with Crippen LogP contribution >= 0.6 is 26.4 Å². The second kappa shape index (κ2) is 2.94. The Labute approximate surface area is 45.7 Å². The van der Waals surface area contributed by atoms with Crippen molar-refractivity contribution in [2.45, 2.75) is 0 Å². The Morgan fingerprint density at radius 2 is 2.20 bits per heavy atom. The highest BCUT2D eigenvalue weighted by Gasteiger charge is 1.85. The summed E-state index contributed by atoms with van der Waals surface area (Å²) in [6, 6.07) is 0. The van der Waals surface area contributed by atoms with Gasteiger partial charge >= 0.3 is 0 Å². The second-order valence-electron chi connectivity index (χ2n) is 0.570. The number of hydrogen-bond acceptors (Lipinski definition) is 0. The van der Waals surface area contributed by atoms with E-state index in [1.54, 1.807) is 5.70 Å². The van der Waals surface area contributed by atoms with Crippen LogP contribution in [0.3, 0.4) is 0 Å². The molecular weight excluding hydrogens is 167 g/mol. The quantitative estimate of drug-likeness (QED) is 0.415. The molecule has 0 aliphatic heterocycles. The van der Waals surface area contributed by atoms with E-state index in [0.717, 1.165) is 0 Å². The van der Waals surface area contributed by atoms with Gasteiger partial charge in [-0.15, -0.1) is 21.9 Å². The van der Waals surface area contributed by atoms with Crippen molar-refractivity contribution in [3.63, 3.8) is 0 Å². The highest BCUT2D eigenvalue weighted by atomic mass is 79.9. The summed E-state index contributed by atoms with van der Waals surface area (Å²) in [6.45, 7) is 2.34. The molecule has 0 aliphatic rings. The molecule has 0 saturated heterocycles. The lowest BCUT2D eigenvalue weighted by Gasteiger charge is -1.74. The van der Waals surface area contributed by atoms with Crippen LogP contribution in [-0.2, 0) is 0 Å². The van der Waals surface area contributed by atoms with Gasteiger partial charge in [0, 0.05) is 0 Å². The van der Waals surface area contributed by atoms with Crippen molar-refractivity contribution in [3.05, 3.63) is 12.3 Å². The second-order valence-corrected chi connectivity index (χ2v) is 7.66. The molecule has 30 valence electrons. The van der Waals surface area contributed by atoms with Crippen LogP contribution in [0.25, 0.3) is 0 Å². The molecule has 0 amide bonds. The molecular formula is C2H4BrClSi. The van der Waals surface area contributed by atoms with Crippen molar-refractivity contribution < 1.29 is 0 Å². The lowest BCUT2D eigenvalue weighted by Crippen LogP contribution is -1.77. The summed E-state index contributed by atoms with van der Waals surface area (Å²) in [5, 5.41) is 0. The molecule has 0 saturated carbocycles. The maximum Gasteiger partial charge on any atom is 0.233 e. The molecule has 5 heavy (non-hydrogen) atoms. The molecule has 0 aromatic carbocycles. The van der Waals surface area contributed by atoms with Crippen LogP contribution in [0.2, 0.25) is 0 Å². The molecule has 0 fully saturated rings. The summed E-state index contributed by atoms with van der Waals surface area (Å²) < 4.78 is 0. The van der Waals surface area contributed by atoms with Crippen LogP contribution in [-0.4, -0.2) is 6.73 Å². The molecule has 0 bridgehead atoms. The fourth-order valence-corrected chi connectivity index (χ4v) is 0. The Kier molecular flexibility index (Phi) is 3.37. The molecule has 1 atom stereocenters. The van der Waals surface area contributed by atoms with Gasteiger partial charge in [-0.2, -0.15) is 11.1 Å². The van der Waals surface area contributed by atoms with E-state index in [0.29, 0.717) is 0 Å². The number of hydrogen-bond donors (Lipinski definition) is 0. The van der Waals surface area contributed by atoms with Crippen molar-refractivity contribution in [1.82, 2.24) is 0 Å². The van der Waals surface area contributed by atoms with E-state index in [2.05, 4.69) is 21.9 Å². The zero-order chi connectivity index (χ0) is 4.28. The molecule has 0 aromatic heterocycles. The summed E-state index contributed by atoms with van der Waals surface area (Å²) in [5.41, 5.74) is 1.74. The molecule has 0 rings (SSSR count). The fraction of sp³-hybridized carbons (Fsp3) is 0. The largest absolute Gasteiger partial charge is 0.233 e. The van der Waals surface area contributed by atoms with E-state index < -0.39 is 6.73 Å². The number of halogens is 2. The van der Waals surface area contributed by atoms with Crippen molar-refractivity contribution in [3.8, 4) is 0 Å². The van der Waals surface area contributed by atoms with Gasteiger partial charge in [0.25, 0.3) is 0 Å². The summed E-state index contributed by atoms with van der Waals surface area (Å²) in [7, 11) is 0. The smallest absolute Gasteiger partial charge is 0.151 e. The molecule has 0 heterocycles. The minimum Gasteiger partial charge on any atom is -0.151 e. The molecule has 0 aromatic rings. The van der Waals surface area contributed by atoms with Crippen LogP contribution in [0.1, 0.15) is 0 Å². The van der Waals surface area contributed by atoms with Crippen molar-refractivity contribution in [2.24, 2.45) is 0 Å². The van der Waals surface area contributed by atoms with Gasteiger partial charge < -0.3 is 0 Å². The molecule has 0 radical (unpaired) electrons. The molecule has 0 N–H and O–H groups in total. The first-order chi connectivity index (χ1) is 2.27. The summed E-state index contributed by atoms with van der Waals surface area (Å²) >= 11 is 8.56. The molecule has 1 unspecified atom stereocenters. The van der Waals surface area contributed by atoms with Crippen LogP contribution in [0.4, 0.5) is 0 Å². The van der Waals surface area contributed by atoms with Crippen LogP contribution < -0.4 is 0 Å². The van der Waals surface area contributed by atoms with E-state index in [9.17, 15) is 0 Å². The molecule has 0 spiro atoms. The maximum absolute atomic E-state index is 5.40. The van der Waals surface area contributed by atoms with Crippen LogP contribution in [0.15, 0.2) is 12.3 Å². The van der Waals surface area contributed by atoms with E-state index >= 15 is 0 Å². The zero-order valence-electron chi connectivity index (χ0n) is 2.62. The summed E-state index contributed by atoms with van der Waals surface area (Å²) in [5.74, 6) is 0. The van der Waals surface area contributed by atoms with E-state index in [1.807, 2.05) is 0 Å². The normalized spacial score (nSPS) is 14.0. The Morgan fingerprint density at radius 3 is 2.20 bits per heavy atom.